The normalized spacial score (nSPS) is 37.2. The molecule has 0 N–H and O–H groups in total. The van der Waals surface area contributed by atoms with Gasteiger partial charge in [-0.25, -0.2) is 0 Å². The van der Waals surface area contributed by atoms with Gasteiger partial charge in [0.15, 0.2) is 0 Å². The van der Waals surface area contributed by atoms with Crippen molar-refractivity contribution in [3.05, 3.63) is 0 Å². The Morgan fingerprint density at radius 1 is 0.619 bits per heavy atom. The molecule has 0 bridgehead atoms. The van der Waals surface area contributed by atoms with E-state index in [-0.39, 0.29) is 47.3 Å². The SMILES string of the molecule is CN1C(=O)C2CCCC3C(=O)N(C)C(=O)C3CCC2C1=O. The molecular weight excluding hydrogens is 272 g/mol. The van der Waals surface area contributed by atoms with Crippen molar-refractivity contribution in [2.75, 3.05) is 14.1 Å². The lowest BCUT2D eigenvalue weighted by Crippen LogP contribution is -2.27. The summed E-state index contributed by atoms with van der Waals surface area (Å²) in [4.78, 5) is 51.0. The molecule has 0 radical (unpaired) electrons. The third-order valence-corrected chi connectivity index (χ3v) is 5.38. The van der Waals surface area contributed by atoms with E-state index >= 15 is 0 Å². The fourth-order valence-electron chi connectivity index (χ4n) is 4.12. The van der Waals surface area contributed by atoms with E-state index in [2.05, 4.69) is 0 Å². The van der Waals surface area contributed by atoms with Crippen LogP contribution in [0.3, 0.4) is 0 Å². The Hall–Kier alpha value is -1.72. The Bertz CT molecular complexity index is 484. The van der Waals surface area contributed by atoms with Crippen molar-refractivity contribution in [3.63, 3.8) is 0 Å². The van der Waals surface area contributed by atoms with Gasteiger partial charge in [-0.2, -0.15) is 0 Å². The van der Waals surface area contributed by atoms with E-state index in [1.54, 1.807) is 0 Å². The molecule has 4 atom stereocenters. The molecule has 1 saturated carbocycles. The Balaban J connectivity index is 1.84. The number of amides is 4. The van der Waals surface area contributed by atoms with Crippen LogP contribution in [0, 0.1) is 23.7 Å². The molecule has 114 valence electrons. The minimum atomic E-state index is -0.310. The van der Waals surface area contributed by atoms with Gasteiger partial charge in [0.05, 0.1) is 23.7 Å². The fourth-order valence-corrected chi connectivity index (χ4v) is 4.12. The topological polar surface area (TPSA) is 74.8 Å². The molecule has 3 aliphatic rings. The summed E-state index contributed by atoms with van der Waals surface area (Å²) in [6.07, 6.45) is 3.02. The summed E-state index contributed by atoms with van der Waals surface area (Å²) >= 11 is 0. The fraction of sp³-hybridized carbons (Fsp3) is 0.733. The molecule has 2 heterocycles. The summed E-state index contributed by atoms with van der Waals surface area (Å²) in [7, 11) is 3.06. The van der Waals surface area contributed by atoms with E-state index < -0.39 is 0 Å². The molecule has 4 unspecified atom stereocenters. The lowest BCUT2D eigenvalue weighted by atomic mass is 9.85. The van der Waals surface area contributed by atoms with Crippen LogP contribution in [0.4, 0.5) is 0 Å². The summed E-state index contributed by atoms with van der Waals surface area (Å²) in [5.41, 5.74) is 0. The first-order valence-electron chi connectivity index (χ1n) is 7.56. The van der Waals surface area contributed by atoms with Crippen molar-refractivity contribution in [1.82, 2.24) is 9.80 Å². The van der Waals surface area contributed by atoms with E-state index in [0.717, 1.165) is 0 Å². The van der Waals surface area contributed by atoms with Crippen LogP contribution in [0.5, 0.6) is 0 Å². The van der Waals surface area contributed by atoms with Crippen molar-refractivity contribution in [1.29, 1.82) is 0 Å². The zero-order valence-corrected chi connectivity index (χ0v) is 12.4. The van der Waals surface area contributed by atoms with Crippen LogP contribution in [0.15, 0.2) is 0 Å². The second kappa shape index (κ2) is 4.93. The van der Waals surface area contributed by atoms with Gasteiger partial charge in [-0.05, 0) is 25.7 Å². The molecule has 0 aromatic heterocycles. The Kier molecular flexibility index (Phi) is 3.34. The van der Waals surface area contributed by atoms with Gasteiger partial charge in [0.25, 0.3) is 0 Å². The predicted molar refractivity (Wildman–Crippen MR) is 72.6 cm³/mol. The molecule has 4 amide bonds. The molecule has 0 aromatic carbocycles. The second-order valence-corrected chi connectivity index (χ2v) is 6.41. The standard InChI is InChI=1S/C15H20N2O4/c1-16-12(18)8-4-3-5-9-11(7-6-10(8)14(16)20)15(21)17(2)13(9)19/h8-11H,3-7H2,1-2H3. The third-order valence-electron chi connectivity index (χ3n) is 5.38. The molecule has 21 heavy (non-hydrogen) atoms. The summed E-state index contributed by atoms with van der Waals surface area (Å²) in [5.74, 6) is -1.61. The molecule has 6 nitrogen and oxygen atoms in total. The number of nitrogens with zero attached hydrogens (tertiary/aromatic N) is 2. The number of hydrogen-bond donors (Lipinski definition) is 0. The summed E-state index contributed by atoms with van der Waals surface area (Å²) < 4.78 is 0. The van der Waals surface area contributed by atoms with Gasteiger partial charge >= 0.3 is 0 Å². The summed E-state index contributed by atoms with van der Waals surface area (Å²) in [6, 6.07) is 0. The van der Waals surface area contributed by atoms with Crippen LogP contribution in [-0.2, 0) is 19.2 Å². The molecule has 3 rings (SSSR count). The molecular formula is C15H20N2O4. The van der Waals surface area contributed by atoms with E-state index in [1.807, 2.05) is 0 Å². The largest absolute Gasteiger partial charge is 0.285 e. The number of hydrogen-bond acceptors (Lipinski definition) is 4. The third kappa shape index (κ3) is 2.00. The highest BCUT2D eigenvalue weighted by atomic mass is 16.2. The smallest absolute Gasteiger partial charge is 0.232 e. The van der Waals surface area contributed by atoms with E-state index in [4.69, 9.17) is 0 Å². The monoisotopic (exact) mass is 292 g/mol. The van der Waals surface area contributed by atoms with Gasteiger partial charge in [0.1, 0.15) is 0 Å². The minimum Gasteiger partial charge on any atom is -0.285 e. The van der Waals surface area contributed by atoms with Crippen molar-refractivity contribution in [2.45, 2.75) is 32.1 Å². The molecule has 0 aromatic rings. The molecule has 3 fully saturated rings. The summed E-state index contributed by atoms with van der Waals surface area (Å²) in [6.45, 7) is 0. The maximum absolute atomic E-state index is 12.2. The molecule has 1 aliphatic carbocycles. The van der Waals surface area contributed by atoms with Gasteiger partial charge in [-0.15, -0.1) is 0 Å². The van der Waals surface area contributed by atoms with Gasteiger partial charge in [-0.3, -0.25) is 29.0 Å². The highest BCUT2D eigenvalue weighted by Crippen LogP contribution is 2.40. The maximum atomic E-state index is 12.2. The number of carbonyl (C=O) groups is 4. The number of rotatable bonds is 0. The van der Waals surface area contributed by atoms with Crippen LogP contribution in [0.1, 0.15) is 32.1 Å². The highest BCUT2D eigenvalue weighted by Gasteiger charge is 2.50. The second-order valence-electron chi connectivity index (χ2n) is 6.41. The first-order valence-corrected chi connectivity index (χ1v) is 7.56. The minimum absolute atomic E-state index is 0.105. The average molecular weight is 292 g/mol. The Labute approximate surface area is 123 Å². The van der Waals surface area contributed by atoms with Gasteiger partial charge in [0.2, 0.25) is 23.6 Å². The zero-order valence-electron chi connectivity index (χ0n) is 12.4. The number of likely N-dealkylation sites (tertiary alicyclic amines) is 2. The lowest BCUT2D eigenvalue weighted by molar-refractivity contribution is -0.140. The molecule has 2 saturated heterocycles. The maximum Gasteiger partial charge on any atom is 0.232 e. The van der Waals surface area contributed by atoms with Crippen LogP contribution in [0.2, 0.25) is 0 Å². The van der Waals surface area contributed by atoms with E-state index in [0.29, 0.717) is 32.1 Å². The molecule has 0 spiro atoms. The lowest BCUT2D eigenvalue weighted by Gasteiger charge is -2.15. The average Bonchev–Trinajstić information content (AvgIpc) is 2.84. The van der Waals surface area contributed by atoms with Crippen LogP contribution in [0.25, 0.3) is 0 Å². The first-order chi connectivity index (χ1) is 9.93. The zero-order chi connectivity index (χ0) is 15.3. The first kappa shape index (κ1) is 14.2. The van der Waals surface area contributed by atoms with Crippen molar-refractivity contribution >= 4 is 23.6 Å². The highest BCUT2D eigenvalue weighted by molar-refractivity contribution is 6.06. The van der Waals surface area contributed by atoms with Crippen molar-refractivity contribution < 1.29 is 19.2 Å². The van der Waals surface area contributed by atoms with Crippen LogP contribution >= 0.6 is 0 Å². The van der Waals surface area contributed by atoms with Crippen molar-refractivity contribution in [2.24, 2.45) is 23.7 Å². The van der Waals surface area contributed by atoms with Crippen LogP contribution < -0.4 is 0 Å². The number of imide groups is 2. The Morgan fingerprint density at radius 3 is 1.24 bits per heavy atom. The quantitative estimate of drug-likeness (QED) is 0.606. The number of fused-ring (bicyclic) bond motifs is 2. The predicted octanol–water partition coefficient (Wildman–Crippen LogP) is 0.413. The Morgan fingerprint density at radius 2 is 0.905 bits per heavy atom. The van der Waals surface area contributed by atoms with Gasteiger partial charge in [0, 0.05) is 14.1 Å². The van der Waals surface area contributed by atoms with Gasteiger partial charge < -0.3 is 0 Å². The van der Waals surface area contributed by atoms with E-state index in [9.17, 15) is 19.2 Å². The van der Waals surface area contributed by atoms with E-state index in [1.165, 1.54) is 23.9 Å². The molecule has 6 heteroatoms. The number of carbonyl (C=O) groups excluding carboxylic acids is 4. The van der Waals surface area contributed by atoms with Crippen molar-refractivity contribution in [3.8, 4) is 0 Å². The molecule has 2 aliphatic heterocycles. The van der Waals surface area contributed by atoms with Crippen LogP contribution in [-0.4, -0.2) is 47.5 Å². The van der Waals surface area contributed by atoms with Gasteiger partial charge in [-0.1, -0.05) is 6.42 Å². The summed E-state index contributed by atoms with van der Waals surface area (Å²) in [5, 5.41) is 0.